The summed E-state index contributed by atoms with van der Waals surface area (Å²) in [6.07, 6.45) is 13.4. The Hall–Kier alpha value is -0.560. The average Bonchev–Trinajstić information content (AvgIpc) is 2.34. The highest BCUT2D eigenvalue weighted by atomic mass is 15.3. The van der Waals surface area contributed by atoms with E-state index in [1.165, 1.54) is 25.7 Å². The number of nitrogens with zero attached hydrogens (tertiary/aromatic N) is 1. The summed E-state index contributed by atoms with van der Waals surface area (Å²) in [5.41, 5.74) is 3.26. The Labute approximate surface area is 112 Å². The van der Waals surface area contributed by atoms with Gasteiger partial charge >= 0.3 is 0 Å². The minimum atomic E-state index is 0.195. The SMILES string of the molecule is C#CCCCC(NN)C1(N(C)C)CCCC(C)C1. The van der Waals surface area contributed by atoms with Crippen molar-refractivity contribution in [1.29, 1.82) is 0 Å². The molecule has 0 aromatic heterocycles. The number of unbranched alkanes of at least 4 members (excludes halogenated alkanes) is 1. The van der Waals surface area contributed by atoms with E-state index in [9.17, 15) is 0 Å². The number of terminal acetylenes is 1. The smallest absolute Gasteiger partial charge is 0.0394 e. The lowest BCUT2D eigenvalue weighted by atomic mass is 9.70. The van der Waals surface area contributed by atoms with Crippen LogP contribution in [0.2, 0.25) is 0 Å². The van der Waals surface area contributed by atoms with Crippen LogP contribution in [-0.4, -0.2) is 30.6 Å². The molecular formula is C15H29N3. The number of hydrogen-bond acceptors (Lipinski definition) is 3. The van der Waals surface area contributed by atoms with Crippen molar-refractivity contribution < 1.29 is 0 Å². The zero-order valence-electron chi connectivity index (χ0n) is 12.2. The van der Waals surface area contributed by atoms with Gasteiger partial charge in [-0.15, -0.1) is 12.3 Å². The second kappa shape index (κ2) is 7.13. The van der Waals surface area contributed by atoms with Gasteiger partial charge in [-0.3, -0.25) is 11.3 Å². The molecule has 0 radical (unpaired) electrons. The topological polar surface area (TPSA) is 41.3 Å². The van der Waals surface area contributed by atoms with Gasteiger partial charge in [-0.1, -0.05) is 19.8 Å². The molecule has 0 aromatic rings. The Kier molecular flexibility index (Phi) is 6.14. The van der Waals surface area contributed by atoms with E-state index in [0.29, 0.717) is 6.04 Å². The third-order valence-electron chi connectivity index (χ3n) is 4.56. The van der Waals surface area contributed by atoms with E-state index < -0.39 is 0 Å². The molecule has 1 fully saturated rings. The third kappa shape index (κ3) is 3.47. The van der Waals surface area contributed by atoms with Crippen LogP contribution in [0.15, 0.2) is 0 Å². The lowest BCUT2D eigenvalue weighted by Crippen LogP contribution is -2.62. The fourth-order valence-electron chi connectivity index (χ4n) is 3.51. The first-order chi connectivity index (χ1) is 8.56. The lowest BCUT2D eigenvalue weighted by molar-refractivity contribution is 0.0337. The summed E-state index contributed by atoms with van der Waals surface area (Å²) >= 11 is 0. The van der Waals surface area contributed by atoms with Gasteiger partial charge in [-0.2, -0.15) is 0 Å². The predicted octanol–water partition coefficient (Wildman–Crippen LogP) is 2.13. The van der Waals surface area contributed by atoms with Gasteiger partial charge in [0.1, 0.15) is 0 Å². The highest BCUT2D eigenvalue weighted by Crippen LogP contribution is 2.39. The Balaban J connectivity index is 2.77. The minimum Gasteiger partial charge on any atom is -0.302 e. The molecule has 3 atom stereocenters. The number of hydrogen-bond donors (Lipinski definition) is 2. The summed E-state index contributed by atoms with van der Waals surface area (Å²) in [5.74, 6) is 9.33. The van der Waals surface area contributed by atoms with Crippen LogP contribution >= 0.6 is 0 Å². The van der Waals surface area contributed by atoms with E-state index in [4.69, 9.17) is 12.3 Å². The first kappa shape index (κ1) is 15.5. The molecule has 3 N–H and O–H groups in total. The largest absolute Gasteiger partial charge is 0.302 e. The molecule has 0 spiro atoms. The molecule has 3 heteroatoms. The molecule has 1 rings (SSSR count). The van der Waals surface area contributed by atoms with Gasteiger partial charge < -0.3 is 4.90 Å². The molecule has 0 heterocycles. The van der Waals surface area contributed by atoms with Gasteiger partial charge in [0, 0.05) is 18.0 Å². The number of nitrogens with one attached hydrogen (secondary N) is 1. The standard InChI is InChI=1S/C15H29N3/c1-5-6-7-10-14(17-16)15(18(3)4)11-8-9-13(2)12-15/h1,13-14,17H,6-12,16H2,2-4H3. The summed E-state index contributed by atoms with van der Waals surface area (Å²) in [4.78, 5) is 2.38. The summed E-state index contributed by atoms with van der Waals surface area (Å²) in [6.45, 7) is 2.35. The van der Waals surface area contributed by atoms with Crippen LogP contribution in [-0.2, 0) is 0 Å². The van der Waals surface area contributed by atoms with Gasteiger partial charge in [-0.25, -0.2) is 0 Å². The number of rotatable bonds is 6. The van der Waals surface area contributed by atoms with Crippen LogP contribution in [0, 0.1) is 18.3 Å². The quantitative estimate of drug-likeness (QED) is 0.329. The highest BCUT2D eigenvalue weighted by molar-refractivity contribution is 5.01. The molecular weight excluding hydrogens is 222 g/mol. The van der Waals surface area contributed by atoms with Gasteiger partial charge in [0.25, 0.3) is 0 Å². The van der Waals surface area contributed by atoms with E-state index in [2.05, 4.69) is 37.3 Å². The molecule has 3 nitrogen and oxygen atoms in total. The molecule has 1 saturated carbocycles. The van der Waals surface area contributed by atoms with Crippen molar-refractivity contribution in [1.82, 2.24) is 10.3 Å². The van der Waals surface area contributed by atoms with Crippen molar-refractivity contribution in [2.24, 2.45) is 11.8 Å². The normalized spacial score (nSPS) is 30.1. The van der Waals surface area contributed by atoms with Gasteiger partial charge in [0.05, 0.1) is 0 Å². The maximum absolute atomic E-state index is 5.83. The van der Waals surface area contributed by atoms with Crippen molar-refractivity contribution in [3.63, 3.8) is 0 Å². The first-order valence-corrected chi connectivity index (χ1v) is 7.14. The number of hydrazine groups is 1. The second-order valence-electron chi connectivity index (χ2n) is 6.02. The minimum absolute atomic E-state index is 0.195. The van der Waals surface area contributed by atoms with Gasteiger partial charge in [0.2, 0.25) is 0 Å². The zero-order chi connectivity index (χ0) is 13.6. The van der Waals surface area contributed by atoms with E-state index in [0.717, 1.165) is 25.2 Å². The summed E-state index contributed by atoms with van der Waals surface area (Å²) in [6, 6.07) is 0.337. The van der Waals surface area contributed by atoms with Crippen molar-refractivity contribution in [2.45, 2.75) is 63.5 Å². The molecule has 0 aliphatic heterocycles. The fraction of sp³-hybridized carbons (Fsp3) is 0.867. The second-order valence-corrected chi connectivity index (χ2v) is 6.02. The Morgan fingerprint density at radius 1 is 1.56 bits per heavy atom. The Morgan fingerprint density at radius 3 is 2.78 bits per heavy atom. The monoisotopic (exact) mass is 251 g/mol. The molecule has 104 valence electrons. The molecule has 1 aliphatic rings. The van der Waals surface area contributed by atoms with Crippen LogP contribution in [0.5, 0.6) is 0 Å². The van der Waals surface area contributed by atoms with E-state index in [-0.39, 0.29) is 5.54 Å². The van der Waals surface area contributed by atoms with Crippen molar-refractivity contribution in [3.05, 3.63) is 0 Å². The molecule has 3 unspecified atom stereocenters. The van der Waals surface area contributed by atoms with Crippen molar-refractivity contribution in [2.75, 3.05) is 14.1 Å². The van der Waals surface area contributed by atoms with Crippen LogP contribution < -0.4 is 11.3 Å². The summed E-state index contributed by atoms with van der Waals surface area (Å²) in [7, 11) is 4.37. The summed E-state index contributed by atoms with van der Waals surface area (Å²) < 4.78 is 0. The number of likely N-dealkylation sites (N-methyl/N-ethyl adjacent to an activating group) is 1. The first-order valence-electron chi connectivity index (χ1n) is 7.14. The van der Waals surface area contributed by atoms with Crippen LogP contribution in [0.3, 0.4) is 0 Å². The van der Waals surface area contributed by atoms with Crippen LogP contribution in [0.25, 0.3) is 0 Å². The molecule has 0 aromatic carbocycles. The summed E-state index contributed by atoms with van der Waals surface area (Å²) in [5, 5.41) is 0. The van der Waals surface area contributed by atoms with Crippen molar-refractivity contribution in [3.8, 4) is 12.3 Å². The highest BCUT2D eigenvalue weighted by Gasteiger charge is 2.42. The predicted molar refractivity (Wildman–Crippen MR) is 77.8 cm³/mol. The average molecular weight is 251 g/mol. The van der Waals surface area contributed by atoms with Crippen LogP contribution in [0.1, 0.15) is 51.9 Å². The van der Waals surface area contributed by atoms with Gasteiger partial charge in [0.15, 0.2) is 0 Å². The number of nitrogens with two attached hydrogens (primary N) is 1. The fourth-order valence-corrected chi connectivity index (χ4v) is 3.51. The van der Waals surface area contributed by atoms with Crippen molar-refractivity contribution >= 4 is 0 Å². The maximum Gasteiger partial charge on any atom is 0.0394 e. The van der Waals surface area contributed by atoms with E-state index in [1.807, 2.05) is 0 Å². The van der Waals surface area contributed by atoms with Crippen LogP contribution in [0.4, 0.5) is 0 Å². The maximum atomic E-state index is 5.83. The van der Waals surface area contributed by atoms with E-state index in [1.54, 1.807) is 0 Å². The molecule has 18 heavy (non-hydrogen) atoms. The molecule has 0 amide bonds. The Bertz CT molecular complexity index is 282. The lowest BCUT2D eigenvalue weighted by Gasteiger charge is -2.50. The molecule has 0 saturated heterocycles. The van der Waals surface area contributed by atoms with Gasteiger partial charge in [-0.05, 0) is 45.7 Å². The van der Waals surface area contributed by atoms with E-state index >= 15 is 0 Å². The Morgan fingerprint density at radius 2 is 2.28 bits per heavy atom. The zero-order valence-corrected chi connectivity index (χ0v) is 12.2. The third-order valence-corrected chi connectivity index (χ3v) is 4.56. The molecule has 1 aliphatic carbocycles. The molecule has 0 bridgehead atoms.